The van der Waals surface area contributed by atoms with Gasteiger partial charge in [-0.2, -0.15) is 0 Å². The van der Waals surface area contributed by atoms with Gasteiger partial charge in [0.1, 0.15) is 18.2 Å². The Morgan fingerprint density at radius 3 is 2.57 bits per heavy atom. The van der Waals surface area contributed by atoms with Crippen molar-refractivity contribution >= 4 is 11.0 Å². The monoisotopic (exact) mass is 391 g/mol. The smallest absolute Gasteiger partial charge is 0.138 e. The Bertz CT molecular complexity index is 1290. The summed E-state index contributed by atoms with van der Waals surface area (Å²) in [7, 11) is 0. The van der Waals surface area contributed by atoms with Gasteiger partial charge in [-0.25, -0.2) is 4.98 Å². The van der Waals surface area contributed by atoms with Crippen LogP contribution in [0.25, 0.3) is 33.5 Å². The first-order valence-electron chi connectivity index (χ1n) is 9.95. The van der Waals surface area contributed by atoms with Crippen LogP contribution in [0.3, 0.4) is 0 Å². The van der Waals surface area contributed by atoms with Crippen molar-refractivity contribution in [2.24, 2.45) is 0 Å². The lowest BCUT2D eigenvalue weighted by atomic mass is 9.99. The molecule has 0 unspecified atom stereocenters. The Hall–Kier alpha value is -3.92. The lowest BCUT2D eigenvalue weighted by Crippen LogP contribution is -1.95. The number of aromatic amines is 1. The van der Waals surface area contributed by atoms with Crippen molar-refractivity contribution in [1.29, 1.82) is 0 Å². The summed E-state index contributed by atoms with van der Waals surface area (Å²) in [6.45, 7) is 2.61. The normalized spacial score (nSPS) is 11.0. The molecule has 4 nitrogen and oxygen atoms in total. The Balaban J connectivity index is 1.46. The third-order valence-corrected chi connectivity index (χ3v) is 5.23. The number of aryl methyl sites for hydroxylation is 1. The molecule has 3 aromatic carbocycles. The molecule has 0 aliphatic heterocycles. The van der Waals surface area contributed by atoms with E-state index >= 15 is 0 Å². The van der Waals surface area contributed by atoms with Gasteiger partial charge < -0.3 is 9.72 Å². The summed E-state index contributed by atoms with van der Waals surface area (Å²) >= 11 is 0. The number of imidazole rings is 1. The van der Waals surface area contributed by atoms with Crippen molar-refractivity contribution in [2.75, 3.05) is 0 Å². The van der Waals surface area contributed by atoms with Gasteiger partial charge in [0.15, 0.2) is 0 Å². The standard InChI is InChI=1S/C26H21N3O/c1-18-23(20-8-3-2-4-9-20)12-13-24-25(18)29-26(28-24)21-10-5-11-22(15-21)30-17-19-7-6-14-27-16-19/h2-16H,17H2,1H3,(H,28,29). The Morgan fingerprint density at radius 2 is 1.73 bits per heavy atom. The van der Waals surface area contributed by atoms with Gasteiger partial charge in [-0.05, 0) is 47.9 Å². The highest BCUT2D eigenvalue weighted by Gasteiger charge is 2.12. The molecule has 0 aliphatic carbocycles. The molecule has 4 heteroatoms. The Morgan fingerprint density at radius 1 is 0.867 bits per heavy atom. The largest absolute Gasteiger partial charge is 0.489 e. The SMILES string of the molecule is Cc1c(-c2ccccc2)ccc2[nH]c(-c3cccc(OCc4cccnc4)c3)nc12. The average Bonchev–Trinajstić information content (AvgIpc) is 3.25. The summed E-state index contributed by atoms with van der Waals surface area (Å²) in [5, 5.41) is 0. The number of aromatic nitrogens is 3. The second kappa shape index (κ2) is 7.84. The Labute approximate surface area is 175 Å². The van der Waals surface area contributed by atoms with Crippen LogP contribution in [-0.2, 0) is 6.61 Å². The number of fused-ring (bicyclic) bond motifs is 1. The Kier molecular flexibility index (Phi) is 4.74. The van der Waals surface area contributed by atoms with Crippen LogP contribution in [0.2, 0.25) is 0 Å². The molecule has 1 N–H and O–H groups in total. The molecule has 0 saturated heterocycles. The molecule has 0 saturated carbocycles. The first-order valence-corrected chi connectivity index (χ1v) is 9.95. The zero-order valence-corrected chi connectivity index (χ0v) is 16.7. The molecule has 0 fully saturated rings. The van der Waals surface area contributed by atoms with Crippen LogP contribution in [-0.4, -0.2) is 15.0 Å². The molecule has 0 radical (unpaired) electrons. The maximum atomic E-state index is 5.95. The summed E-state index contributed by atoms with van der Waals surface area (Å²) in [4.78, 5) is 12.5. The lowest BCUT2D eigenvalue weighted by molar-refractivity contribution is 0.306. The van der Waals surface area contributed by atoms with Crippen LogP contribution in [0.1, 0.15) is 11.1 Å². The molecule has 2 aromatic heterocycles. The van der Waals surface area contributed by atoms with Crippen molar-refractivity contribution in [3.63, 3.8) is 0 Å². The molecule has 2 heterocycles. The van der Waals surface area contributed by atoms with Gasteiger partial charge in [-0.15, -0.1) is 0 Å². The zero-order chi connectivity index (χ0) is 20.3. The lowest BCUT2D eigenvalue weighted by Gasteiger charge is -2.07. The van der Waals surface area contributed by atoms with Gasteiger partial charge >= 0.3 is 0 Å². The van der Waals surface area contributed by atoms with Crippen LogP contribution >= 0.6 is 0 Å². The first kappa shape index (κ1) is 18.1. The fourth-order valence-electron chi connectivity index (χ4n) is 3.66. The third-order valence-electron chi connectivity index (χ3n) is 5.23. The van der Waals surface area contributed by atoms with E-state index in [1.807, 2.05) is 48.7 Å². The van der Waals surface area contributed by atoms with Crippen LogP contribution in [0.15, 0.2) is 91.3 Å². The van der Waals surface area contributed by atoms with E-state index in [0.29, 0.717) is 6.61 Å². The van der Waals surface area contributed by atoms with Crippen molar-refractivity contribution in [2.45, 2.75) is 13.5 Å². The van der Waals surface area contributed by atoms with Gasteiger partial charge in [0.25, 0.3) is 0 Å². The van der Waals surface area contributed by atoms with E-state index in [4.69, 9.17) is 9.72 Å². The molecule has 30 heavy (non-hydrogen) atoms. The highest BCUT2D eigenvalue weighted by molar-refractivity contribution is 5.88. The van der Waals surface area contributed by atoms with Gasteiger partial charge in [-0.3, -0.25) is 4.98 Å². The van der Waals surface area contributed by atoms with Gasteiger partial charge in [-0.1, -0.05) is 54.6 Å². The van der Waals surface area contributed by atoms with Gasteiger partial charge in [0, 0.05) is 23.5 Å². The number of pyridine rings is 1. The summed E-state index contributed by atoms with van der Waals surface area (Å²) in [6, 6.07) is 26.6. The maximum absolute atomic E-state index is 5.95. The molecule has 0 spiro atoms. The molecular weight excluding hydrogens is 370 g/mol. The maximum Gasteiger partial charge on any atom is 0.138 e. The fraction of sp³-hybridized carbons (Fsp3) is 0.0769. The van der Waals surface area contributed by atoms with E-state index < -0.39 is 0 Å². The molecular formula is C26H21N3O. The minimum atomic E-state index is 0.483. The molecule has 0 amide bonds. The number of hydrogen-bond acceptors (Lipinski definition) is 3. The average molecular weight is 391 g/mol. The molecule has 5 aromatic rings. The highest BCUT2D eigenvalue weighted by Crippen LogP contribution is 2.31. The van der Waals surface area contributed by atoms with Gasteiger partial charge in [0.2, 0.25) is 0 Å². The fourth-order valence-corrected chi connectivity index (χ4v) is 3.66. The highest BCUT2D eigenvalue weighted by atomic mass is 16.5. The number of H-pyrrole nitrogens is 1. The van der Waals surface area contributed by atoms with Crippen LogP contribution in [0, 0.1) is 6.92 Å². The number of nitrogens with zero attached hydrogens (tertiary/aromatic N) is 2. The van der Waals surface area contributed by atoms with E-state index in [1.54, 1.807) is 6.20 Å². The second-order valence-electron chi connectivity index (χ2n) is 7.26. The third kappa shape index (κ3) is 3.55. The van der Waals surface area contributed by atoms with E-state index in [1.165, 1.54) is 16.7 Å². The number of benzene rings is 3. The number of ether oxygens (including phenoxy) is 1. The predicted molar refractivity (Wildman–Crippen MR) is 120 cm³/mol. The van der Waals surface area contributed by atoms with Crippen LogP contribution in [0.4, 0.5) is 0 Å². The summed E-state index contributed by atoms with van der Waals surface area (Å²) in [5.41, 5.74) is 7.63. The van der Waals surface area contributed by atoms with Crippen LogP contribution < -0.4 is 4.74 Å². The van der Waals surface area contributed by atoms with E-state index in [9.17, 15) is 0 Å². The van der Waals surface area contributed by atoms with E-state index in [-0.39, 0.29) is 0 Å². The second-order valence-corrected chi connectivity index (χ2v) is 7.26. The van der Waals surface area contributed by atoms with Gasteiger partial charge in [0.05, 0.1) is 11.0 Å². The predicted octanol–water partition coefficient (Wildman–Crippen LogP) is 6.18. The summed E-state index contributed by atoms with van der Waals surface area (Å²) < 4.78 is 5.95. The number of hydrogen-bond donors (Lipinski definition) is 1. The molecule has 0 bridgehead atoms. The van der Waals surface area contributed by atoms with Crippen molar-refractivity contribution in [1.82, 2.24) is 15.0 Å². The summed E-state index contributed by atoms with van der Waals surface area (Å²) in [5.74, 6) is 1.64. The van der Waals surface area contributed by atoms with Crippen molar-refractivity contribution < 1.29 is 4.74 Å². The van der Waals surface area contributed by atoms with Crippen LogP contribution in [0.5, 0.6) is 5.75 Å². The first-order chi connectivity index (χ1) is 14.8. The van der Waals surface area contributed by atoms with E-state index in [0.717, 1.165) is 33.7 Å². The number of rotatable bonds is 5. The molecule has 146 valence electrons. The number of nitrogens with one attached hydrogen (secondary N) is 1. The minimum Gasteiger partial charge on any atom is -0.489 e. The topological polar surface area (TPSA) is 50.8 Å². The van der Waals surface area contributed by atoms with Crippen molar-refractivity contribution in [3.8, 4) is 28.3 Å². The van der Waals surface area contributed by atoms with Crippen molar-refractivity contribution in [3.05, 3.63) is 102 Å². The summed E-state index contributed by atoms with van der Waals surface area (Å²) in [6.07, 6.45) is 3.58. The van der Waals surface area contributed by atoms with E-state index in [2.05, 4.69) is 53.3 Å². The zero-order valence-electron chi connectivity index (χ0n) is 16.7. The minimum absolute atomic E-state index is 0.483. The quantitative estimate of drug-likeness (QED) is 0.389. The molecule has 5 rings (SSSR count). The molecule has 0 aliphatic rings. The molecule has 0 atom stereocenters.